The third-order valence-corrected chi connectivity index (χ3v) is 10.6. The molecule has 0 radical (unpaired) electrons. The summed E-state index contributed by atoms with van der Waals surface area (Å²) in [6.07, 6.45) is 9.30. The second-order valence-electron chi connectivity index (χ2n) is 15.5. The summed E-state index contributed by atoms with van der Waals surface area (Å²) >= 11 is 0. The zero-order valence-corrected chi connectivity index (χ0v) is 30.8. The zero-order chi connectivity index (χ0) is 36.6. The van der Waals surface area contributed by atoms with Gasteiger partial charge >= 0.3 is 11.4 Å². The van der Waals surface area contributed by atoms with Gasteiger partial charge in [0.25, 0.3) is 11.1 Å². The minimum absolute atomic E-state index is 0.201. The molecule has 15 nitrogen and oxygen atoms in total. The van der Waals surface area contributed by atoms with Crippen LogP contribution in [-0.2, 0) is 54.5 Å². The highest BCUT2D eigenvalue weighted by Gasteiger charge is 2.40. The van der Waals surface area contributed by atoms with Crippen LogP contribution in [0.15, 0.2) is 31.8 Å². The molecule has 7 rings (SSSR count). The van der Waals surface area contributed by atoms with Crippen molar-refractivity contribution >= 4 is 28.1 Å². The number of ketones is 1. The van der Waals surface area contributed by atoms with Crippen molar-refractivity contribution in [1.29, 1.82) is 0 Å². The summed E-state index contributed by atoms with van der Waals surface area (Å²) < 4.78 is 20.9. The van der Waals surface area contributed by atoms with Crippen molar-refractivity contribution in [2.24, 2.45) is 37.8 Å². The zero-order valence-electron chi connectivity index (χ0n) is 30.8. The molecule has 1 spiro atoms. The minimum atomic E-state index is -0.424. The Hall–Kier alpha value is -4.11. The first-order valence-corrected chi connectivity index (χ1v) is 18.4. The van der Waals surface area contributed by atoms with E-state index in [0.717, 1.165) is 38.5 Å². The molecular formula is C36H52N8O7. The molecule has 5 heterocycles. The van der Waals surface area contributed by atoms with E-state index in [-0.39, 0.29) is 40.1 Å². The summed E-state index contributed by atoms with van der Waals surface area (Å²) in [5.74, 6) is 1.08. The molecule has 4 aromatic heterocycles. The molecule has 2 saturated carbocycles. The van der Waals surface area contributed by atoms with Crippen LogP contribution in [0.1, 0.15) is 79.1 Å². The van der Waals surface area contributed by atoms with Crippen LogP contribution >= 0.6 is 0 Å². The van der Waals surface area contributed by atoms with Crippen LogP contribution in [0.4, 0.5) is 0 Å². The summed E-state index contributed by atoms with van der Waals surface area (Å²) in [5, 5.41) is 0. The van der Waals surface area contributed by atoms with Gasteiger partial charge in [-0.3, -0.25) is 32.7 Å². The summed E-state index contributed by atoms with van der Waals surface area (Å²) in [7, 11) is 3.33. The Balaban J connectivity index is 0.000000177. The first kappa shape index (κ1) is 36.7. The molecule has 0 amide bonds. The Morgan fingerprint density at radius 3 is 1.51 bits per heavy atom. The van der Waals surface area contributed by atoms with Crippen LogP contribution in [-0.4, -0.2) is 62.2 Å². The molecule has 3 fully saturated rings. The molecule has 1 saturated heterocycles. The maximum absolute atomic E-state index is 13.1. The number of nitrogens with zero attached hydrogens (tertiary/aromatic N) is 8. The van der Waals surface area contributed by atoms with Gasteiger partial charge in [0.15, 0.2) is 28.1 Å². The van der Waals surface area contributed by atoms with Crippen LogP contribution in [0.2, 0.25) is 0 Å². The van der Waals surface area contributed by atoms with Crippen molar-refractivity contribution in [2.45, 2.75) is 111 Å². The first-order valence-electron chi connectivity index (χ1n) is 18.4. The highest BCUT2D eigenvalue weighted by atomic mass is 16.7. The Morgan fingerprint density at radius 1 is 0.686 bits per heavy atom. The number of carbonyl (C=O) groups is 1. The van der Waals surface area contributed by atoms with E-state index in [1.165, 1.54) is 18.3 Å². The van der Waals surface area contributed by atoms with Gasteiger partial charge in [-0.05, 0) is 49.4 Å². The van der Waals surface area contributed by atoms with Crippen molar-refractivity contribution in [3.8, 4) is 0 Å². The van der Waals surface area contributed by atoms with Crippen molar-refractivity contribution in [1.82, 2.24) is 37.4 Å². The summed E-state index contributed by atoms with van der Waals surface area (Å²) in [5.41, 5.74) is 0.745. The van der Waals surface area contributed by atoms with Crippen LogP contribution in [0.5, 0.6) is 0 Å². The van der Waals surface area contributed by atoms with Crippen LogP contribution in [0, 0.1) is 23.7 Å². The van der Waals surface area contributed by atoms with Gasteiger partial charge < -0.3 is 18.6 Å². The van der Waals surface area contributed by atoms with Gasteiger partial charge in [-0.1, -0.05) is 27.7 Å². The Kier molecular flexibility index (Phi) is 10.7. The van der Waals surface area contributed by atoms with Gasteiger partial charge in [-0.2, -0.15) is 0 Å². The minimum Gasteiger partial charge on any atom is -0.348 e. The van der Waals surface area contributed by atoms with E-state index in [0.29, 0.717) is 86.4 Å². The molecule has 0 N–H and O–H groups in total. The largest absolute Gasteiger partial charge is 0.348 e. The smallest absolute Gasteiger partial charge is 0.332 e. The van der Waals surface area contributed by atoms with Crippen molar-refractivity contribution < 1.29 is 14.3 Å². The molecule has 0 bridgehead atoms. The van der Waals surface area contributed by atoms with E-state index in [1.54, 1.807) is 26.7 Å². The van der Waals surface area contributed by atoms with Crippen LogP contribution < -0.4 is 22.5 Å². The molecule has 3 aliphatic rings. The maximum Gasteiger partial charge on any atom is 0.332 e. The van der Waals surface area contributed by atoms with Crippen LogP contribution in [0.3, 0.4) is 0 Å². The van der Waals surface area contributed by atoms with E-state index >= 15 is 0 Å². The van der Waals surface area contributed by atoms with Gasteiger partial charge in [0.2, 0.25) is 0 Å². The lowest BCUT2D eigenvalue weighted by Crippen LogP contribution is -2.43. The second kappa shape index (κ2) is 14.9. The molecule has 4 aromatic rings. The number of Topliss-reactive ketones (excluding diaryl/α,β-unsaturated/α-hetero) is 1. The monoisotopic (exact) mass is 708 g/mol. The Labute approximate surface area is 295 Å². The molecule has 0 aromatic carbocycles. The SMILES string of the molecule is CC(C)Cn1cnc2c1c(=O)n(CC1CCC(=O)CC1)c(=O)n2C.CC(C)Cn1cnc2c1c(=O)n(CC1CCC3(CC1)OCCO3)c(=O)n2C. The normalized spacial score (nSPS) is 18.5. The molecular weight excluding hydrogens is 656 g/mol. The predicted molar refractivity (Wildman–Crippen MR) is 192 cm³/mol. The topological polar surface area (TPSA) is 159 Å². The maximum atomic E-state index is 13.1. The second-order valence-corrected chi connectivity index (χ2v) is 15.5. The lowest BCUT2D eigenvalue weighted by atomic mass is 9.85. The number of aryl methyl sites for hydroxylation is 2. The molecule has 2 aliphatic carbocycles. The molecule has 0 unspecified atom stereocenters. The summed E-state index contributed by atoms with van der Waals surface area (Å²) in [6.45, 7) is 11.8. The third kappa shape index (κ3) is 7.46. The fourth-order valence-electron chi connectivity index (χ4n) is 7.81. The van der Waals surface area contributed by atoms with E-state index < -0.39 is 5.79 Å². The highest BCUT2D eigenvalue weighted by Crippen LogP contribution is 2.38. The average molecular weight is 709 g/mol. The molecule has 278 valence electrons. The number of rotatable bonds is 8. The fraction of sp³-hybridized carbons (Fsp3) is 0.694. The van der Waals surface area contributed by atoms with E-state index in [2.05, 4.69) is 37.7 Å². The number of hydrogen-bond acceptors (Lipinski definition) is 9. The highest BCUT2D eigenvalue weighted by molar-refractivity contribution is 5.79. The van der Waals surface area contributed by atoms with Gasteiger partial charge in [0.1, 0.15) is 5.78 Å². The fourth-order valence-corrected chi connectivity index (χ4v) is 7.81. The van der Waals surface area contributed by atoms with Crippen molar-refractivity contribution in [3.63, 3.8) is 0 Å². The van der Waals surface area contributed by atoms with E-state index in [4.69, 9.17) is 9.47 Å². The number of ether oxygens (including phenoxy) is 2. The Bertz CT molecular complexity index is 2120. The standard InChI is InChI=1S/C19H28N4O4.C17H24N4O3/c1-13(2)10-22-12-20-16-15(22)17(24)23(18(25)21(16)3)11-14-4-6-19(7-5-14)26-8-9-27-19;1-11(2)8-20-10-18-15-14(20)16(23)21(17(24)19(15)3)9-12-4-6-13(22)7-5-12/h12-14H,4-11H2,1-3H3;10-12H,4-9H2,1-3H3. The number of aromatic nitrogens is 8. The molecule has 0 atom stereocenters. The quantitative estimate of drug-likeness (QED) is 0.268. The average Bonchev–Trinajstić information content (AvgIpc) is 3.84. The lowest BCUT2D eigenvalue weighted by Gasteiger charge is -2.35. The summed E-state index contributed by atoms with van der Waals surface area (Å²) in [4.78, 5) is 71.4. The number of carbonyl (C=O) groups excluding carboxylic acids is 1. The molecule has 1 aliphatic heterocycles. The Morgan fingerprint density at radius 2 is 1.10 bits per heavy atom. The van der Waals surface area contributed by atoms with Gasteiger partial charge in [0.05, 0.1) is 25.9 Å². The lowest BCUT2D eigenvalue weighted by molar-refractivity contribution is -0.183. The van der Waals surface area contributed by atoms with Crippen LogP contribution in [0.25, 0.3) is 22.3 Å². The van der Waals surface area contributed by atoms with Crippen molar-refractivity contribution in [3.05, 3.63) is 54.3 Å². The van der Waals surface area contributed by atoms with E-state index in [9.17, 15) is 24.0 Å². The molecule has 15 heteroatoms. The van der Waals surface area contributed by atoms with Crippen molar-refractivity contribution in [2.75, 3.05) is 13.2 Å². The molecule has 51 heavy (non-hydrogen) atoms. The summed E-state index contributed by atoms with van der Waals surface area (Å²) in [6, 6.07) is 0. The number of fused-ring (bicyclic) bond motifs is 2. The van der Waals surface area contributed by atoms with E-state index in [1.807, 2.05) is 9.13 Å². The van der Waals surface area contributed by atoms with Gasteiger partial charge in [0, 0.05) is 66.0 Å². The number of hydrogen-bond donors (Lipinski definition) is 0. The van der Waals surface area contributed by atoms with Gasteiger partial charge in [-0.25, -0.2) is 19.6 Å². The first-order chi connectivity index (χ1) is 24.3. The van der Waals surface area contributed by atoms with Gasteiger partial charge in [-0.15, -0.1) is 0 Å². The number of imidazole rings is 2. The third-order valence-electron chi connectivity index (χ3n) is 10.6. The predicted octanol–water partition coefficient (Wildman–Crippen LogP) is 2.80.